The van der Waals surface area contributed by atoms with E-state index in [1.165, 1.54) is 11.1 Å². The van der Waals surface area contributed by atoms with Gasteiger partial charge in [0, 0.05) is 33.0 Å². The van der Waals surface area contributed by atoms with Gasteiger partial charge in [0.2, 0.25) is 11.8 Å². The van der Waals surface area contributed by atoms with E-state index in [1.807, 2.05) is 34.9 Å². The van der Waals surface area contributed by atoms with Gasteiger partial charge in [-0.15, -0.1) is 0 Å². The van der Waals surface area contributed by atoms with Crippen LogP contribution in [0.25, 0.3) is 0 Å². The molecular formula is C24H28N4O3. The average molecular weight is 421 g/mol. The molecule has 0 unspecified atom stereocenters. The Morgan fingerprint density at radius 2 is 2.10 bits per heavy atom. The summed E-state index contributed by atoms with van der Waals surface area (Å²) in [5, 5.41) is 0. The standard InChI is InChI=1S/C24H28N4O3/c1-16-4-6-17(7-5-16)9-12-28-15-24-10-8-18(31-24)20(21(24)23(28)30)22(29)27(3)14-19-25-11-13-26(19)2/h4-8,10-11,13,18,20-21H,9,12,14-15H2,1-3H3/t18-,20+,21-,24-/m0/s1. The molecule has 0 saturated carbocycles. The number of nitrogens with zero attached hydrogens (tertiary/aromatic N) is 4. The van der Waals surface area contributed by atoms with Gasteiger partial charge in [-0.1, -0.05) is 42.0 Å². The Morgan fingerprint density at radius 1 is 1.32 bits per heavy atom. The molecule has 2 saturated heterocycles. The number of carbonyl (C=O) groups excluding carboxylic acids is 2. The van der Waals surface area contributed by atoms with Crippen molar-refractivity contribution in [1.29, 1.82) is 0 Å². The molecule has 1 spiro atoms. The number of hydrogen-bond acceptors (Lipinski definition) is 4. The quantitative estimate of drug-likeness (QED) is 0.668. The molecule has 31 heavy (non-hydrogen) atoms. The van der Waals surface area contributed by atoms with E-state index in [1.54, 1.807) is 18.1 Å². The molecule has 0 N–H and O–H groups in total. The van der Waals surface area contributed by atoms with Gasteiger partial charge in [-0.05, 0) is 18.9 Å². The first-order valence-corrected chi connectivity index (χ1v) is 10.8. The summed E-state index contributed by atoms with van der Waals surface area (Å²) < 4.78 is 8.15. The summed E-state index contributed by atoms with van der Waals surface area (Å²) in [6.07, 6.45) is 8.01. The SMILES string of the molecule is Cc1ccc(CCN2C[C@]34C=C[C@H](O3)[C@@H](C(=O)N(C)Cc3nccn3C)[C@H]4C2=O)cc1. The molecule has 3 aliphatic heterocycles. The summed E-state index contributed by atoms with van der Waals surface area (Å²) in [5.74, 6) is -0.146. The van der Waals surface area contributed by atoms with Crippen molar-refractivity contribution in [3.05, 3.63) is 65.8 Å². The molecule has 0 aliphatic carbocycles. The van der Waals surface area contributed by atoms with Gasteiger partial charge in [0.1, 0.15) is 11.4 Å². The van der Waals surface area contributed by atoms with Gasteiger partial charge in [0.15, 0.2) is 0 Å². The largest absolute Gasteiger partial charge is 0.360 e. The molecular weight excluding hydrogens is 392 g/mol. The predicted molar refractivity (Wildman–Crippen MR) is 115 cm³/mol. The third kappa shape index (κ3) is 3.28. The van der Waals surface area contributed by atoms with Gasteiger partial charge in [-0.3, -0.25) is 9.59 Å². The second kappa shape index (κ2) is 7.34. The van der Waals surface area contributed by atoms with Crippen LogP contribution in [0.15, 0.2) is 48.8 Å². The van der Waals surface area contributed by atoms with E-state index < -0.39 is 17.4 Å². The molecule has 7 nitrogen and oxygen atoms in total. The Kier molecular flexibility index (Phi) is 4.73. The van der Waals surface area contributed by atoms with Crippen molar-refractivity contribution in [1.82, 2.24) is 19.4 Å². The average Bonchev–Trinajstić information content (AvgIpc) is 3.49. The third-order valence-corrected chi connectivity index (χ3v) is 6.93. The van der Waals surface area contributed by atoms with Crippen molar-refractivity contribution in [2.45, 2.75) is 31.6 Å². The van der Waals surface area contributed by atoms with E-state index in [2.05, 4.69) is 36.2 Å². The van der Waals surface area contributed by atoms with E-state index in [9.17, 15) is 9.59 Å². The van der Waals surface area contributed by atoms with Crippen molar-refractivity contribution in [3.63, 3.8) is 0 Å². The van der Waals surface area contributed by atoms with Gasteiger partial charge in [-0.25, -0.2) is 4.98 Å². The van der Waals surface area contributed by atoms with Crippen molar-refractivity contribution in [2.24, 2.45) is 18.9 Å². The number of aryl methyl sites for hydroxylation is 2. The van der Waals surface area contributed by atoms with Crippen LogP contribution in [0.3, 0.4) is 0 Å². The Bertz CT molecular complexity index is 1040. The third-order valence-electron chi connectivity index (χ3n) is 6.93. The second-order valence-corrected chi connectivity index (χ2v) is 9.04. The normalized spacial score (nSPS) is 28.4. The maximum absolute atomic E-state index is 13.4. The first kappa shape index (κ1) is 20.0. The Labute approximate surface area is 182 Å². The predicted octanol–water partition coefficient (Wildman–Crippen LogP) is 1.71. The molecule has 1 aromatic heterocycles. The Balaban J connectivity index is 1.31. The van der Waals surface area contributed by atoms with Crippen LogP contribution in [0.1, 0.15) is 17.0 Å². The van der Waals surface area contributed by atoms with E-state index in [-0.39, 0.29) is 17.9 Å². The van der Waals surface area contributed by atoms with E-state index in [0.29, 0.717) is 19.6 Å². The zero-order chi connectivity index (χ0) is 21.8. The summed E-state index contributed by atoms with van der Waals surface area (Å²) in [6.45, 7) is 3.62. The lowest BCUT2D eigenvalue weighted by molar-refractivity contribution is -0.142. The number of aromatic nitrogens is 2. The molecule has 4 atom stereocenters. The number of likely N-dealkylation sites (tertiary alicyclic amines) is 1. The second-order valence-electron chi connectivity index (χ2n) is 9.04. The summed E-state index contributed by atoms with van der Waals surface area (Å²) in [4.78, 5) is 34.6. The molecule has 2 aromatic rings. The van der Waals surface area contributed by atoms with Crippen LogP contribution < -0.4 is 0 Å². The van der Waals surface area contributed by atoms with E-state index >= 15 is 0 Å². The Morgan fingerprint density at radius 3 is 2.81 bits per heavy atom. The maximum atomic E-state index is 13.4. The minimum atomic E-state index is -0.667. The van der Waals surface area contributed by atoms with Crippen LogP contribution in [-0.4, -0.2) is 63.0 Å². The van der Waals surface area contributed by atoms with Crippen LogP contribution in [0.2, 0.25) is 0 Å². The summed E-state index contributed by atoms with van der Waals surface area (Å²) in [6, 6.07) is 8.40. The smallest absolute Gasteiger partial charge is 0.230 e. The number of benzene rings is 1. The molecule has 2 amide bonds. The van der Waals surface area contributed by atoms with Crippen LogP contribution >= 0.6 is 0 Å². The zero-order valence-electron chi connectivity index (χ0n) is 18.2. The lowest BCUT2D eigenvalue weighted by atomic mass is 9.76. The number of carbonyl (C=O) groups is 2. The number of amides is 2. The summed E-state index contributed by atoms with van der Waals surface area (Å²) in [7, 11) is 3.68. The highest BCUT2D eigenvalue weighted by Gasteiger charge is 2.66. The zero-order valence-corrected chi connectivity index (χ0v) is 18.2. The Hall–Kier alpha value is -2.93. The first-order chi connectivity index (χ1) is 14.9. The van der Waals surface area contributed by atoms with Crippen molar-refractivity contribution in [2.75, 3.05) is 20.1 Å². The lowest BCUT2D eigenvalue weighted by Gasteiger charge is -2.27. The molecule has 5 rings (SSSR count). The lowest BCUT2D eigenvalue weighted by Crippen LogP contribution is -2.44. The van der Waals surface area contributed by atoms with Crippen molar-refractivity contribution < 1.29 is 14.3 Å². The van der Waals surface area contributed by atoms with Gasteiger partial charge in [0.05, 0.1) is 31.0 Å². The van der Waals surface area contributed by atoms with Gasteiger partial charge in [0.25, 0.3) is 0 Å². The molecule has 1 aromatic carbocycles. The van der Waals surface area contributed by atoms with Crippen molar-refractivity contribution in [3.8, 4) is 0 Å². The first-order valence-electron chi connectivity index (χ1n) is 10.8. The van der Waals surface area contributed by atoms with Crippen molar-refractivity contribution >= 4 is 11.8 Å². The van der Waals surface area contributed by atoms with Crippen LogP contribution in [0, 0.1) is 18.8 Å². The minimum absolute atomic E-state index is 0.0303. The topological polar surface area (TPSA) is 67.7 Å². The molecule has 2 bridgehead atoms. The maximum Gasteiger partial charge on any atom is 0.230 e. The van der Waals surface area contributed by atoms with Gasteiger partial charge < -0.3 is 19.1 Å². The summed E-state index contributed by atoms with van der Waals surface area (Å²) >= 11 is 0. The van der Waals surface area contributed by atoms with Crippen LogP contribution in [0.5, 0.6) is 0 Å². The monoisotopic (exact) mass is 420 g/mol. The number of fused-ring (bicyclic) bond motifs is 1. The van der Waals surface area contributed by atoms with E-state index in [4.69, 9.17) is 4.74 Å². The highest BCUT2D eigenvalue weighted by atomic mass is 16.5. The number of hydrogen-bond donors (Lipinski definition) is 0. The molecule has 4 heterocycles. The molecule has 3 aliphatic rings. The highest BCUT2D eigenvalue weighted by molar-refractivity contribution is 5.93. The van der Waals surface area contributed by atoms with Crippen LogP contribution in [-0.2, 0) is 34.3 Å². The minimum Gasteiger partial charge on any atom is -0.360 e. The van der Waals surface area contributed by atoms with Crippen LogP contribution in [0.4, 0.5) is 0 Å². The van der Waals surface area contributed by atoms with E-state index in [0.717, 1.165) is 12.2 Å². The molecule has 2 fully saturated rings. The molecule has 162 valence electrons. The summed E-state index contributed by atoms with van der Waals surface area (Å²) in [5.41, 5.74) is 1.76. The highest BCUT2D eigenvalue weighted by Crippen LogP contribution is 2.52. The fourth-order valence-electron chi connectivity index (χ4n) is 5.16. The fourth-order valence-corrected chi connectivity index (χ4v) is 5.16. The number of imidazole rings is 1. The molecule has 0 radical (unpaired) electrons. The molecule has 7 heteroatoms. The van der Waals surface area contributed by atoms with Gasteiger partial charge >= 0.3 is 0 Å². The fraction of sp³-hybridized carbons (Fsp3) is 0.458. The number of rotatable bonds is 6. The van der Waals surface area contributed by atoms with Gasteiger partial charge in [-0.2, -0.15) is 0 Å². The number of ether oxygens (including phenoxy) is 1.